The second-order valence-electron chi connectivity index (χ2n) is 6.80. The topological polar surface area (TPSA) is 80.7 Å². The Hall–Kier alpha value is -2.44. The van der Waals surface area contributed by atoms with E-state index in [-0.39, 0.29) is 29.1 Å². The van der Waals surface area contributed by atoms with Crippen LogP contribution in [0, 0.1) is 5.92 Å². The lowest BCUT2D eigenvalue weighted by molar-refractivity contribution is 0.0758. The predicted molar refractivity (Wildman–Crippen MR) is 93.9 cm³/mol. The molecule has 2 fully saturated rings. The number of rotatable bonds is 5. The molecule has 2 saturated heterocycles. The summed E-state index contributed by atoms with van der Waals surface area (Å²) in [4.78, 5) is 0. The Kier molecular flexibility index (Phi) is 4.17. The van der Waals surface area contributed by atoms with Crippen molar-refractivity contribution in [3.8, 4) is 23.0 Å². The number of aromatic hydroxyl groups is 2. The quantitative estimate of drug-likeness (QED) is 0.800. The van der Waals surface area contributed by atoms with Gasteiger partial charge in [0.25, 0.3) is 0 Å². The Morgan fingerprint density at radius 2 is 1.81 bits per heavy atom. The van der Waals surface area contributed by atoms with Gasteiger partial charge in [0.05, 0.1) is 27.4 Å². The molecular weight excluding hydrogens is 336 g/mol. The van der Waals surface area contributed by atoms with Crippen LogP contribution in [-0.2, 0) is 15.9 Å². The summed E-state index contributed by atoms with van der Waals surface area (Å²) >= 11 is 0. The molecule has 6 nitrogen and oxygen atoms in total. The fourth-order valence-electron chi connectivity index (χ4n) is 3.79. The summed E-state index contributed by atoms with van der Waals surface area (Å²) in [5.41, 5.74) is 1.57. The molecule has 0 aliphatic carbocycles. The first-order valence-electron chi connectivity index (χ1n) is 8.55. The number of hydrogen-bond donors (Lipinski definition) is 2. The van der Waals surface area contributed by atoms with Crippen molar-refractivity contribution in [2.24, 2.45) is 5.92 Å². The molecule has 1 spiro atoms. The lowest BCUT2D eigenvalue weighted by Gasteiger charge is -2.20. The van der Waals surface area contributed by atoms with Crippen molar-refractivity contribution in [1.82, 2.24) is 0 Å². The summed E-state index contributed by atoms with van der Waals surface area (Å²) in [6.07, 6.45) is 0.539. The molecule has 4 rings (SSSR count). The molecule has 3 atom stereocenters. The van der Waals surface area contributed by atoms with Gasteiger partial charge in [-0.1, -0.05) is 12.1 Å². The van der Waals surface area contributed by atoms with Gasteiger partial charge in [0.15, 0.2) is 23.0 Å². The van der Waals surface area contributed by atoms with Gasteiger partial charge in [-0.15, -0.1) is 0 Å². The van der Waals surface area contributed by atoms with Crippen molar-refractivity contribution in [2.45, 2.75) is 18.1 Å². The zero-order valence-corrected chi connectivity index (χ0v) is 14.8. The average molecular weight is 358 g/mol. The van der Waals surface area contributed by atoms with Crippen LogP contribution < -0.4 is 9.47 Å². The summed E-state index contributed by atoms with van der Waals surface area (Å²) in [6.45, 7) is 1.20. The molecule has 3 unspecified atom stereocenters. The maximum atomic E-state index is 10.00. The van der Waals surface area contributed by atoms with Crippen LogP contribution in [-0.4, -0.2) is 43.2 Å². The maximum absolute atomic E-state index is 10.00. The highest BCUT2D eigenvalue weighted by molar-refractivity contribution is 5.44. The minimum Gasteiger partial charge on any atom is -0.504 e. The molecule has 0 amide bonds. The minimum absolute atomic E-state index is 0.102. The third kappa shape index (κ3) is 2.75. The van der Waals surface area contributed by atoms with E-state index < -0.39 is 0 Å². The van der Waals surface area contributed by atoms with E-state index in [4.69, 9.17) is 18.9 Å². The Morgan fingerprint density at radius 1 is 1.04 bits per heavy atom. The summed E-state index contributed by atoms with van der Waals surface area (Å²) in [5, 5.41) is 19.8. The van der Waals surface area contributed by atoms with Gasteiger partial charge in [0.2, 0.25) is 0 Å². The fourth-order valence-corrected chi connectivity index (χ4v) is 3.79. The van der Waals surface area contributed by atoms with Gasteiger partial charge in [-0.05, 0) is 41.8 Å². The second-order valence-corrected chi connectivity index (χ2v) is 6.80. The largest absolute Gasteiger partial charge is 0.504 e. The van der Waals surface area contributed by atoms with Crippen LogP contribution in [0.5, 0.6) is 23.0 Å². The van der Waals surface area contributed by atoms with Crippen LogP contribution in [0.25, 0.3) is 0 Å². The van der Waals surface area contributed by atoms with E-state index in [2.05, 4.69) is 0 Å². The van der Waals surface area contributed by atoms with Gasteiger partial charge in [-0.25, -0.2) is 0 Å². The molecule has 2 aromatic carbocycles. The normalized spacial score (nSPS) is 26.8. The summed E-state index contributed by atoms with van der Waals surface area (Å²) in [5.74, 6) is 1.30. The monoisotopic (exact) mass is 358 g/mol. The molecule has 2 heterocycles. The second kappa shape index (κ2) is 6.37. The highest BCUT2D eigenvalue weighted by Crippen LogP contribution is 2.54. The molecule has 0 saturated carbocycles. The van der Waals surface area contributed by atoms with Crippen molar-refractivity contribution >= 4 is 0 Å². The zero-order valence-electron chi connectivity index (χ0n) is 14.8. The van der Waals surface area contributed by atoms with Crippen molar-refractivity contribution in [1.29, 1.82) is 0 Å². The van der Waals surface area contributed by atoms with Crippen molar-refractivity contribution in [3.63, 3.8) is 0 Å². The molecule has 2 N–H and O–H groups in total. The fraction of sp³-hybridized carbons (Fsp3) is 0.400. The Morgan fingerprint density at radius 3 is 2.46 bits per heavy atom. The standard InChI is InChI=1S/C20H22O6/c1-23-17-6-3-12(8-16(17)22)7-14-10-25-19(20(14)11-26-20)13-4-5-15(21)18(9-13)24-2/h3-6,8-9,14,19,21-22H,7,10-11H2,1-2H3. The van der Waals surface area contributed by atoms with Gasteiger partial charge in [-0.2, -0.15) is 0 Å². The summed E-state index contributed by atoms with van der Waals surface area (Å²) in [7, 11) is 3.06. The van der Waals surface area contributed by atoms with Crippen molar-refractivity contribution in [3.05, 3.63) is 47.5 Å². The van der Waals surface area contributed by atoms with Gasteiger partial charge < -0.3 is 29.2 Å². The Labute approximate surface area is 151 Å². The van der Waals surface area contributed by atoms with E-state index in [0.717, 1.165) is 17.5 Å². The first kappa shape index (κ1) is 17.0. The molecule has 2 aliphatic rings. The van der Waals surface area contributed by atoms with Crippen LogP contribution in [0.4, 0.5) is 0 Å². The van der Waals surface area contributed by atoms with Gasteiger partial charge in [-0.3, -0.25) is 0 Å². The maximum Gasteiger partial charge on any atom is 0.160 e. The smallest absolute Gasteiger partial charge is 0.160 e. The zero-order chi connectivity index (χ0) is 18.3. The molecular formula is C20H22O6. The van der Waals surface area contributed by atoms with Crippen LogP contribution in [0.3, 0.4) is 0 Å². The third-order valence-corrected chi connectivity index (χ3v) is 5.31. The van der Waals surface area contributed by atoms with Gasteiger partial charge in [0, 0.05) is 5.92 Å². The first-order valence-corrected chi connectivity index (χ1v) is 8.55. The third-order valence-electron chi connectivity index (χ3n) is 5.31. The minimum atomic E-state index is -0.364. The van der Waals surface area contributed by atoms with Crippen molar-refractivity contribution < 1.29 is 29.2 Å². The number of methoxy groups -OCH3 is 2. The van der Waals surface area contributed by atoms with E-state index in [1.54, 1.807) is 24.3 Å². The van der Waals surface area contributed by atoms with Crippen LogP contribution in [0.1, 0.15) is 17.2 Å². The molecule has 0 aromatic heterocycles. The average Bonchev–Trinajstić information content (AvgIpc) is 3.36. The Bertz CT molecular complexity index is 814. The number of epoxide rings is 1. The Balaban J connectivity index is 1.55. The molecule has 6 heteroatoms. The van der Waals surface area contributed by atoms with E-state index >= 15 is 0 Å². The summed E-state index contributed by atoms with van der Waals surface area (Å²) < 4.78 is 22.2. The van der Waals surface area contributed by atoms with E-state index in [1.165, 1.54) is 14.2 Å². The number of phenolic OH excluding ortho intramolecular Hbond substituents is 2. The van der Waals surface area contributed by atoms with Gasteiger partial charge >= 0.3 is 0 Å². The summed E-state index contributed by atoms with van der Waals surface area (Å²) in [6, 6.07) is 10.7. The SMILES string of the molecule is COc1ccc(CC2COC(c3ccc(O)c(OC)c3)C23CO3)cc1O. The van der Waals surface area contributed by atoms with E-state index in [1.807, 2.05) is 12.1 Å². The van der Waals surface area contributed by atoms with E-state index in [0.29, 0.717) is 24.7 Å². The first-order chi connectivity index (χ1) is 12.6. The highest BCUT2D eigenvalue weighted by Gasteiger charge is 2.62. The number of benzene rings is 2. The molecule has 26 heavy (non-hydrogen) atoms. The lowest BCUT2D eigenvalue weighted by atomic mass is 9.84. The van der Waals surface area contributed by atoms with Crippen molar-refractivity contribution in [2.75, 3.05) is 27.4 Å². The van der Waals surface area contributed by atoms with Crippen LogP contribution >= 0.6 is 0 Å². The number of ether oxygens (including phenoxy) is 4. The van der Waals surface area contributed by atoms with Crippen LogP contribution in [0.15, 0.2) is 36.4 Å². The predicted octanol–water partition coefficient (Wildman–Crippen LogP) is 2.81. The van der Waals surface area contributed by atoms with Gasteiger partial charge in [0.1, 0.15) is 11.7 Å². The molecule has 2 aromatic rings. The number of hydrogen-bond acceptors (Lipinski definition) is 6. The molecule has 2 aliphatic heterocycles. The molecule has 0 radical (unpaired) electrons. The molecule has 138 valence electrons. The molecule has 0 bridgehead atoms. The lowest BCUT2D eigenvalue weighted by Crippen LogP contribution is -2.27. The van der Waals surface area contributed by atoms with E-state index in [9.17, 15) is 10.2 Å². The van der Waals surface area contributed by atoms with Crippen LogP contribution in [0.2, 0.25) is 0 Å². The highest BCUT2D eigenvalue weighted by atomic mass is 16.6. The number of phenols is 2.